The summed E-state index contributed by atoms with van der Waals surface area (Å²) in [4.78, 5) is 12.1. The molecule has 1 N–H and O–H groups in total. The highest BCUT2D eigenvalue weighted by atomic mass is 35.5. The lowest BCUT2D eigenvalue weighted by Crippen LogP contribution is -2.39. The SMILES string of the molecule is CS(=O)(=O)N(CC(=O)N/N=C\c1c(F)cccc1Cl)c1cc(C(F)(F)F)ccc1Cl. The smallest absolute Gasteiger partial charge is 0.271 e. The normalized spacial score (nSPS) is 12.2. The molecule has 0 atom stereocenters. The minimum Gasteiger partial charge on any atom is -0.271 e. The van der Waals surface area contributed by atoms with Crippen LogP contribution in [0.1, 0.15) is 11.1 Å². The number of carbonyl (C=O) groups is 1. The summed E-state index contributed by atoms with van der Waals surface area (Å²) in [5.41, 5.74) is 0.145. The van der Waals surface area contributed by atoms with Gasteiger partial charge >= 0.3 is 6.18 Å². The second-order valence-corrected chi connectivity index (χ2v) is 8.58. The van der Waals surface area contributed by atoms with Crippen molar-refractivity contribution >= 4 is 51.0 Å². The first-order valence-electron chi connectivity index (χ1n) is 7.91. The second-order valence-electron chi connectivity index (χ2n) is 5.86. The highest BCUT2D eigenvalue weighted by molar-refractivity contribution is 7.92. The number of amides is 1. The molecule has 0 radical (unpaired) electrons. The number of carbonyl (C=O) groups excluding carboxylic acids is 1. The molecule has 0 fully saturated rings. The van der Waals surface area contributed by atoms with Gasteiger partial charge < -0.3 is 0 Å². The Morgan fingerprint density at radius 3 is 2.43 bits per heavy atom. The minimum atomic E-state index is -4.76. The van der Waals surface area contributed by atoms with Gasteiger partial charge in [0.1, 0.15) is 12.4 Å². The summed E-state index contributed by atoms with van der Waals surface area (Å²) in [6.07, 6.45) is -3.16. The van der Waals surface area contributed by atoms with E-state index in [0.29, 0.717) is 22.7 Å². The van der Waals surface area contributed by atoms with Gasteiger partial charge in [-0.3, -0.25) is 9.10 Å². The molecule has 2 rings (SSSR count). The predicted molar refractivity (Wildman–Crippen MR) is 106 cm³/mol. The number of nitrogens with one attached hydrogen (secondary N) is 1. The number of alkyl halides is 3. The predicted octanol–water partition coefficient (Wildman–Crippen LogP) is 4.07. The van der Waals surface area contributed by atoms with Crippen molar-refractivity contribution < 1.29 is 30.8 Å². The summed E-state index contributed by atoms with van der Waals surface area (Å²) in [6, 6.07) is 5.91. The molecule has 6 nitrogen and oxygen atoms in total. The van der Waals surface area contributed by atoms with Gasteiger partial charge in [0.15, 0.2) is 0 Å². The van der Waals surface area contributed by atoms with Crippen LogP contribution in [0.3, 0.4) is 0 Å². The maximum atomic E-state index is 13.7. The molecule has 1 amide bonds. The largest absolute Gasteiger partial charge is 0.416 e. The molecule has 0 aliphatic carbocycles. The number of rotatable bonds is 6. The molecule has 13 heteroatoms. The Balaban J connectivity index is 2.26. The molecule has 0 aromatic heterocycles. The zero-order chi connectivity index (χ0) is 22.7. The van der Waals surface area contributed by atoms with Crippen LogP contribution in [-0.2, 0) is 21.0 Å². The summed E-state index contributed by atoms with van der Waals surface area (Å²) >= 11 is 11.7. The lowest BCUT2D eigenvalue weighted by molar-refractivity contribution is -0.137. The summed E-state index contributed by atoms with van der Waals surface area (Å²) < 4.78 is 77.1. The fraction of sp³-hybridized carbons (Fsp3) is 0.176. The van der Waals surface area contributed by atoms with Crippen LogP contribution in [0.5, 0.6) is 0 Å². The highest BCUT2D eigenvalue weighted by Gasteiger charge is 2.33. The van der Waals surface area contributed by atoms with E-state index in [1.54, 1.807) is 0 Å². The quantitative estimate of drug-likeness (QED) is 0.380. The van der Waals surface area contributed by atoms with Crippen LogP contribution < -0.4 is 9.73 Å². The van der Waals surface area contributed by atoms with Gasteiger partial charge in [0, 0.05) is 5.56 Å². The third-order valence-corrected chi connectivity index (χ3v) is 5.39. The van der Waals surface area contributed by atoms with E-state index in [0.717, 1.165) is 18.3 Å². The Labute approximate surface area is 179 Å². The highest BCUT2D eigenvalue weighted by Crippen LogP contribution is 2.36. The molecular formula is C17H13Cl2F4N3O3S. The zero-order valence-corrected chi connectivity index (χ0v) is 17.4. The third-order valence-electron chi connectivity index (χ3n) is 3.61. The fourth-order valence-electron chi connectivity index (χ4n) is 2.23. The van der Waals surface area contributed by atoms with Gasteiger partial charge in [0.25, 0.3) is 5.91 Å². The fourth-order valence-corrected chi connectivity index (χ4v) is 3.57. The number of nitrogens with zero attached hydrogens (tertiary/aromatic N) is 2. The standard InChI is InChI=1S/C17H13Cl2F4N3O3S/c1-30(28,29)26(15-7-10(17(21,22)23)5-6-13(15)19)9-16(27)25-24-8-11-12(18)3-2-4-14(11)20/h2-8H,9H2,1H3,(H,25,27)/b24-8-. The van der Waals surface area contributed by atoms with Gasteiger partial charge in [0.2, 0.25) is 10.0 Å². The van der Waals surface area contributed by atoms with Crippen molar-refractivity contribution in [1.82, 2.24) is 5.43 Å². The second kappa shape index (κ2) is 9.19. The molecule has 0 unspecified atom stereocenters. The Morgan fingerprint density at radius 1 is 1.20 bits per heavy atom. The first kappa shape index (κ1) is 23.9. The maximum absolute atomic E-state index is 13.7. The molecule has 30 heavy (non-hydrogen) atoms. The lowest BCUT2D eigenvalue weighted by atomic mass is 10.2. The molecule has 2 aromatic carbocycles. The first-order valence-corrected chi connectivity index (χ1v) is 10.5. The Bertz CT molecular complexity index is 1070. The van der Waals surface area contributed by atoms with E-state index < -0.39 is 45.7 Å². The van der Waals surface area contributed by atoms with Gasteiger partial charge in [-0.2, -0.15) is 18.3 Å². The number of benzene rings is 2. The van der Waals surface area contributed by atoms with Crippen LogP contribution in [0, 0.1) is 5.82 Å². The lowest BCUT2D eigenvalue weighted by Gasteiger charge is -2.23. The summed E-state index contributed by atoms with van der Waals surface area (Å²) in [5, 5.41) is 3.19. The van der Waals surface area contributed by atoms with Crippen LogP contribution in [-0.4, -0.2) is 33.3 Å². The van der Waals surface area contributed by atoms with Crippen LogP contribution in [0.15, 0.2) is 41.5 Å². The molecular weight excluding hydrogens is 473 g/mol. The number of hydrogen-bond donors (Lipinski definition) is 1. The molecule has 0 saturated carbocycles. The summed E-state index contributed by atoms with van der Waals surface area (Å²) in [6.45, 7) is -0.928. The van der Waals surface area contributed by atoms with E-state index >= 15 is 0 Å². The zero-order valence-electron chi connectivity index (χ0n) is 15.0. The van der Waals surface area contributed by atoms with Crippen molar-refractivity contribution in [2.75, 3.05) is 17.1 Å². The number of hydrogen-bond acceptors (Lipinski definition) is 4. The molecule has 0 spiro atoms. The van der Waals surface area contributed by atoms with Crippen LogP contribution >= 0.6 is 23.2 Å². The Hall–Kier alpha value is -2.37. The van der Waals surface area contributed by atoms with E-state index in [1.165, 1.54) is 12.1 Å². The number of halogens is 6. The topological polar surface area (TPSA) is 78.8 Å². The third kappa shape index (κ3) is 6.07. The number of anilines is 1. The Kier molecular flexibility index (Phi) is 7.32. The molecule has 0 bridgehead atoms. The van der Waals surface area contributed by atoms with Gasteiger partial charge in [-0.15, -0.1) is 0 Å². The van der Waals surface area contributed by atoms with Gasteiger partial charge in [-0.1, -0.05) is 29.3 Å². The van der Waals surface area contributed by atoms with E-state index in [-0.39, 0.29) is 15.6 Å². The first-order chi connectivity index (χ1) is 13.8. The van der Waals surface area contributed by atoms with Crippen LogP contribution in [0.2, 0.25) is 10.0 Å². The average molecular weight is 486 g/mol. The molecule has 0 aliphatic heterocycles. The molecule has 0 heterocycles. The number of hydrazone groups is 1. The van der Waals surface area contributed by atoms with E-state index in [2.05, 4.69) is 5.10 Å². The van der Waals surface area contributed by atoms with Crippen molar-refractivity contribution in [1.29, 1.82) is 0 Å². The van der Waals surface area contributed by atoms with Crippen LogP contribution in [0.4, 0.5) is 23.2 Å². The van der Waals surface area contributed by atoms with Crippen molar-refractivity contribution in [3.8, 4) is 0 Å². The Morgan fingerprint density at radius 2 is 1.87 bits per heavy atom. The van der Waals surface area contributed by atoms with Gasteiger partial charge in [-0.25, -0.2) is 18.2 Å². The molecule has 0 aliphatic rings. The minimum absolute atomic E-state index is 0.0153. The van der Waals surface area contributed by atoms with Crippen molar-refractivity contribution in [2.45, 2.75) is 6.18 Å². The summed E-state index contributed by atoms with van der Waals surface area (Å²) in [7, 11) is -4.20. The molecule has 162 valence electrons. The van der Waals surface area contributed by atoms with Crippen molar-refractivity contribution in [3.63, 3.8) is 0 Å². The molecule has 2 aromatic rings. The average Bonchev–Trinajstić information content (AvgIpc) is 2.61. The van der Waals surface area contributed by atoms with Gasteiger partial charge in [0.05, 0.1) is 33.8 Å². The van der Waals surface area contributed by atoms with E-state index in [4.69, 9.17) is 23.2 Å². The monoisotopic (exact) mass is 485 g/mol. The van der Waals surface area contributed by atoms with E-state index in [9.17, 15) is 30.8 Å². The molecule has 0 saturated heterocycles. The van der Waals surface area contributed by atoms with Crippen molar-refractivity contribution in [2.24, 2.45) is 5.10 Å². The van der Waals surface area contributed by atoms with Crippen molar-refractivity contribution in [3.05, 3.63) is 63.4 Å². The maximum Gasteiger partial charge on any atom is 0.416 e. The number of sulfonamides is 1. The summed E-state index contributed by atoms with van der Waals surface area (Å²) in [5.74, 6) is -1.73. The van der Waals surface area contributed by atoms with Gasteiger partial charge in [-0.05, 0) is 30.3 Å². The van der Waals surface area contributed by atoms with E-state index in [1.807, 2.05) is 5.43 Å². The van der Waals surface area contributed by atoms with Crippen LogP contribution in [0.25, 0.3) is 0 Å².